The molecular formula is C16H27NO3S. The molecule has 0 fully saturated rings. The van der Waals surface area contributed by atoms with Gasteiger partial charge in [0, 0.05) is 12.3 Å². The van der Waals surface area contributed by atoms with Gasteiger partial charge in [0.25, 0.3) is 0 Å². The number of hydrogen-bond acceptors (Lipinski definition) is 4. The second-order valence-corrected chi connectivity index (χ2v) is 8.47. The molecule has 4 nitrogen and oxygen atoms in total. The molecule has 21 heavy (non-hydrogen) atoms. The Morgan fingerprint density at radius 2 is 1.81 bits per heavy atom. The summed E-state index contributed by atoms with van der Waals surface area (Å²) in [4.78, 5) is 0. The SMILES string of the molecule is CCNC(CCc1ccc(OC)cc1)C(C)(C)S(C)(=O)=O. The van der Waals surface area contributed by atoms with E-state index < -0.39 is 14.6 Å². The van der Waals surface area contributed by atoms with Crippen LogP contribution >= 0.6 is 0 Å². The van der Waals surface area contributed by atoms with Gasteiger partial charge in [-0.05, 0) is 50.9 Å². The van der Waals surface area contributed by atoms with Crippen LogP contribution in [0.1, 0.15) is 32.8 Å². The van der Waals surface area contributed by atoms with Crippen molar-refractivity contribution in [3.05, 3.63) is 29.8 Å². The Hall–Kier alpha value is -1.07. The number of hydrogen-bond donors (Lipinski definition) is 1. The fourth-order valence-electron chi connectivity index (χ4n) is 2.30. The quantitative estimate of drug-likeness (QED) is 0.801. The van der Waals surface area contributed by atoms with Crippen LogP contribution < -0.4 is 10.1 Å². The minimum Gasteiger partial charge on any atom is -0.497 e. The minimum atomic E-state index is -3.12. The Kier molecular flexibility index (Phi) is 6.23. The van der Waals surface area contributed by atoms with Gasteiger partial charge in [-0.3, -0.25) is 0 Å². The van der Waals surface area contributed by atoms with Crippen LogP contribution in [0.15, 0.2) is 24.3 Å². The Morgan fingerprint density at radius 3 is 2.24 bits per heavy atom. The lowest BCUT2D eigenvalue weighted by Gasteiger charge is -2.33. The van der Waals surface area contributed by atoms with E-state index in [1.165, 1.54) is 11.8 Å². The number of rotatable bonds is 8. The summed E-state index contributed by atoms with van der Waals surface area (Å²) in [6.07, 6.45) is 2.92. The smallest absolute Gasteiger partial charge is 0.154 e. The third-order valence-corrected chi connectivity index (χ3v) is 6.32. The summed E-state index contributed by atoms with van der Waals surface area (Å²) in [6.45, 7) is 6.35. The van der Waals surface area contributed by atoms with Crippen LogP contribution in [0.4, 0.5) is 0 Å². The molecule has 1 atom stereocenters. The summed E-state index contributed by atoms with van der Waals surface area (Å²) in [7, 11) is -1.48. The molecule has 0 aliphatic carbocycles. The molecule has 0 amide bonds. The minimum absolute atomic E-state index is 0.0698. The summed E-state index contributed by atoms with van der Waals surface area (Å²) in [5.41, 5.74) is 1.18. The molecule has 1 aromatic rings. The van der Waals surface area contributed by atoms with Crippen LogP contribution in [0.2, 0.25) is 0 Å². The zero-order chi connectivity index (χ0) is 16.1. The standard InChI is InChI=1S/C16H27NO3S/c1-6-17-15(16(2,3)21(5,18)19)12-9-13-7-10-14(20-4)11-8-13/h7-8,10-11,15,17H,6,9,12H2,1-5H3. The maximum atomic E-state index is 12.0. The first kappa shape index (κ1) is 18.0. The Labute approximate surface area is 128 Å². The molecule has 0 heterocycles. The van der Waals surface area contributed by atoms with Gasteiger partial charge in [0.1, 0.15) is 5.75 Å². The molecule has 1 rings (SSSR count). The number of aryl methyl sites for hydroxylation is 1. The molecule has 1 aromatic carbocycles. The van der Waals surface area contributed by atoms with Gasteiger partial charge in [-0.15, -0.1) is 0 Å². The van der Waals surface area contributed by atoms with Crippen LogP contribution in [0.25, 0.3) is 0 Å². The molecule has 0 bridgehead atoms. The van der Waals surface area contributed by atoms with Crippen LogP contribution in [0, 0.1) is 0 Å². The first-order chi connectivity index (χ1) is 9.72. The molecule has 5 heteroatoms. The lowest BCUT2D eigenvalue weighted by molar-refractivity contribution is 0.395. The predicted molar refractivity (Wildman–Crippen MR) is 87.7 cm³/mol. The van der Waals surface area contributed by atoms with E-state index in [0.29, 0.717) is 0 Å². The number of nitrogens with one attached hydrogen (secondary N) is 1. The van der Waals surface area contributed by atoms with Gasteiger partial charge in [-0.25, -0.2) is 8.42 Å². The highest BCUT2D eigenvalue weighted by molar-refractivity contribution is 7.92. The molecule has 120 valence electrons. The van der Waals surface area contributed by atoms with E-state index in [-0.39, 0.29) is 6.04 Å². The highest BCUT2D eigenvalue weighted by atomic mass is 32.2. The molecule has 0 aromatic heterocycles. The van der Waals surface area contributed by atoms with Crippen LogP contribution in [0.3, 0.4) is 0 Å². The molecule has 1 N–H and O–H groups in total. The average molecular weight is 313 g/mol. The second-order valence-electron chi connectivity index (χ2n) is 5.87. The Morgan fingerprint density at radius 1 is 1.24 bits per heavy atom. The number of ether oxygens (including phenoxy) is 1. The first-order valence-electron chi connectivity index (χ1n) is 7.28. The summed E-state index contributed by atoms with van der Waals surface area (Å²) in [6, 6.07) is 7.84. The fourth-order valence-corrected chi connectivity index (χ4v) is 3.02. The third-order valence-electron chi connectivity index (χ3n) is 4.13. The summed E-state index contributed by atoms with van der Waals surface area (Å²) in [5.74, 6) is 0.832. The van der Waals surface area contributed by atoms with Gasteiger partial charge in [0.05, 0.1) is 11.9 Å². The van der Waals surface area contributed by atoms with E-state index in [4.69, 9.17) is 4.74 Å². The van der Waals surface area contributed by atoms with Crippen molar-refractivity contribution in [2.75, 3.05) is 19.9 Å². The zero-order valence-electron chi connectivity index (χ0n) is 13.6. The van der Waals surface area contributed by atoms with E-state index in [9.17, 15) is 8.42 Å². The van der Waals surface area contributed by atoms with Gasteiger partial charge in [-0.2, -0.15) is 0 Å². The Bertz CT molecular complexity index is 535. The summed E-state index contributed by atoms with van der Waals surface area (Å²) in [5, 5.41) is 3.32. The van der Waals surface area contributed by atoms with Crippen LogP contribution in [-0.2, 0) is 16.3 Å². The van der Waals surface area contributed by atoms with E-state index in [1.807, 2.05) is 31.2 Å². The molecule has 1 unspecified atom stereocenters. The lowest BCUT2D eigenvalue weighted by Crippen LogP contribution is -2.51. The first-order valence-corrected chi connectivity index (χ1v) is 9.17. The molecule has 0 spiro atoms. The van der Waals surface area contributed by atoms with Gasteiger partial charge < -0.3 is 10.1 Å². The molecule has 0 aliphatic heterocycles. The van der Waals surface area contributed by atoms with E-state index in [1.54, 1.807) is 21.0 Å². The molecule has 0 saturated heterocycles. The van der Waals surface area contributed by atoms with Gasteiger partial charge in [-0.1, -0.05) is 19.1 Å². The maximum absolute atomic E-state index is 12.0. The Balaban J connectivity index is 2.79. The topological polar surface area (TPSA) is 55.4 Å². The highest BCUT2D eigenvalue weighted by Gasteiger charge is 2.38. The van der Waals surface area contributed by atoms with Gasteiger partial charge in [0.2, 0.25) is 0 Å². The number of benzene rings is 1. The molecule has 0 saturated carbocycles. The summed E-state index contributed by atoms with van der Waals surface area (Å²) < 4.78 is 28.4. The van der Waals surface area contributed by atoms with Crippen molar-refractivity contribution in [2.24, 2.45) is 0 Å². The molecule has 0 radical (unpaired) electrons. The predicted octanol–water partition coefficient (Wildman–Crippen LogP) is 2.43. The normalized spacial score (nSPS) is 14.0. The van der Waals surface area contributed by atoms with Crippen molar-refractivity contribution in [3.8, 4) is 5.75 Å². The maximum Gasteiger partial charge on any atom is 0.154 e. The largest absolute Gasteiger partial charge is 0.497 e. The number of methoxy groups -OCH3 is 1. The highest BCUT2D eigenvalue weighted by Crippen LogP contribution is 2.24. The van der Waals surface area contributed by atoms with E-state index in [2.05, 4.69) is 5.32 Å². The molecular weight excluding hydrogens is 286 g/mol. The zero-order valence-corrected chi connectivity index (χ0v) is 14.5. The fraction of sp³-hybridized carbons (Fsp3) is 0.625. The van der Waals surface area contributed by atoms with E-state index in [0.717, 1.165) is 25.1 Å². The van der Waals surface area contributed by atoms with Crippen molar-refractivity contribution < 1.29 is 13.2 Å². The molecule has 0 aliphatic rings. The summed E-state index contributed by atoms with van der Waals surface area (Å²) >= 11 is 0. The third kappa shape index (κ3) is 4.71. The van der Waals surface area contributed by atoms with Crippen molar-refractivity contribution in [1.82, 2.24) is 5.32 Å². The van der Waals surface area contributed by atoms with Crippen LogP contribution in [-0.4, -0.2) is 39.1 Å². The van der Waals surface area contributed by atoms with Crippen molar-refractivity contribution in [3.63, 3.8) is 0 Å². The van der Waals surface area contributed by atoms with E-state index >= 15 is 0 Å². The van der Waals surface area contributed by atoms with Gasteiger partial charge >= 0.3 is 0 Å². The second kappa shape index (κ2) is 7.27. The monoisotopic (exact) mass is 313 g/mol. The van der Waals surface area contributed by atoms with Crippen molar-refractivity contribution in [1.29, 1.82) is 0 Å². The average Bonchev–Trinajstić information content (AvgIpc) is 2.42. The lowest BCUT2D eigenvalue weighted by atomic mass is 9.95. The van der Waals surface area contributed by atoms with Crippen molar-refractivity contribution in [2.45, 2.75) is 44.4 Å². The van der Waals surface area contributed by atoms with Crippen LogP contribution in [0.5, 0.6) is 5.75 Å². The number of sulfone groups is 1. The van der Waals surface area contributed by atoms with Crippen molar-refractivity contribution >= 4 is 9.84 Å². The van der Waals surface area contributed by atoms with Gasteiger partial charge in [0.15, 0.2) is 9.84 Å².